The summed E-state index contributed by atoms with van der Waals surface area (Å²) in [6.45, 7) is 5.28. The van der Waals surface area contributed by atoms with Crippen molar-refractivity contribution in [2.45, 2.75) is 30.4 Å². The molecule has 1 atom stereocenters. The first-order chi connectivity index (χ1) is 8.32. The van der Waals surface area contributed by atoms with E-state index in [0.29, 0.717) is 10.9 Å². The van der Waals surface area contributed by atoms with Crippen molar-refractivity contribution in [3.8, 4) is 5.75 Å². The highest BCUT2D eigenvalue weighted by atomic mass is 32.2. The lowest BCUT2D eigenvalue weighted by molar-refractivity contribution is 0.464. The van der Waals surface area contributed by atoms with Crippen molar-refractivity contribution in [2.75, 3.05) is 0 Å². The summed E-state index contributed by atoms with van der Waals surface area (Å²) >= 11 is 0. The Morgan fingerprint density at radius 1 is 1.22 bits per heavy atom. The minimum Gasteiger partial charge on any atom is -0.506 e. The number of aromatic nitrogens is 1. The molecule has 0 amide bonds. The van der Waals surface area contributed by atoms with Crippen LogP contribution >= 0.6 is 0 Å². The van der Waals surface area contributed by atoms with E-state index in [2.05, 4.69) is 4.98 Å². The summed E-state index contributed by atoms with van der Waals surface area (Å²) in [5, 5.41) is 10.7. The third-order valence-corrected chi connectivity index (χ3v) is 4.46. The van der Waals surface area contributed by atoms with Crippen LogP contribution in [-0.4, -0.2) is 19.0 Å². The van der Waals surface area contributed by atoms with Gasteiger partial charge in [0.1, 0.15) is 10.6 Å². The summed E-state index contributed by atoms with van der Waals surface area (Å²) in [5.74, 6) is -0.192. The minimum absolute atomic E-state index is 0.0544. The molecule has 2 rings (SSSR count). The van der Waals surface area contributed by atoms with E-state index in [9.17, 15) is 14.1 Å². The van der Waals surface area contributed by atoms with Gasteiger partial charge in [-0.25, -0.2) is 0 Å². The monoisotopic (exact) mass is 265 g/mol. The molecular weight excluding hydrogens is 250 g/mol. The maximum absolute atomic E-state index is 12.3. The first-order valence-corrected chi connectivity index (χ1v) is 6.73. The molecule has 1 heterocycles. The second kappa shape index (κ2) is 4.24. The van der Waals surface area contributed by atoms with Crippen LogP contribution in [0.15, 0.2) is 34.0 Å². The normalized spacial score (nSPS) is 13.7. The van der Waals surface area contributed by atoms with Crippen molar-refractivity contribution >= 4 is 21.7 Å². The fourth-order valence-electron chi connectivity index (χ4n) is 1.69. The van der Waals surface area contributed by atoms with E-state index in [1.54, 1.807) is 45.0 Å². The molecule has 5 heteroatoms. The number of hydrogen-bond donors (Lipinski definition) is 2. The molecule has 4 nitrogen and oxygen atoms in total. The summed E-state index contributed by atoms with van der Waals surface area (Å²) in [5.41, 5.74) is 0.0362. The van der Waals surface area contributed by atoms with Gasteiger partial charge in [0.2, 0.25) is 0 Å². The van der Waals surface area contributed by atoms with Crippen molar-refractivity contribution in [1.82, 2.24) is 4.98 Å². The van der Waals surface area contributed by atoms with Crippen LogP contribution in [0.4, 0.5) is 0 Å². The summed E-state index contributed by atoms with van der Waals surface area (Å²) < 4.78 is 11.7. The van der Waals surface area contributed by atoms with Crippen LogP contribution in [-0.2, 0) is 10.8 Å². The zero-order chi connectivity index (χ0) is 13.5. The molecule has 0 radical (unpaired) electrons. The Bertz CT molecular complexity index is 683. The number of para-hydroxylation sites is 1. The highest BCUT2D eigenvalue weighted by Crippen LogP contribution is 2.30. The molecule has 1 unspecified atom stereocenters. The largest absolute Gasteiger partial charge is 0.506 e. The molecular formula is C13H15NO3S. The number of nitrogens with one attached hydrogen (secondary N) is 1. The number of hydrogen-bond acceptors (Lipinski definition) is 3. The van der Waals surface area contributed by atoms with Gasteiger partial charge < -0.3 is 10.1 Å². The average Bonchev–Trinajstić information content (AvgIpc) is 2.27. The number of fused-ring (bicyclic) bond motifs is 1. The predicted octanol–water partition coefficient (Wildman–Crippen LogP) is 2.14. The molecule has 0 spiro atoms. The third-order valence-electron chi connectivity index (χ3n) is 2.59. The van der Waals surface area contributed by atoms with E-state index >= 15 is 0 Å². The predicted molar refractivity (Wildman–Crippen MR) is 72.4 cm³/mol. The van der Waals surface area contributed by atoms with Gasteiger partial charge in [-0.2, -0.15) is 0 Å². The molecule has 0 aliphatic carbocycles. The zero-order valence-corrected chi connectivity index (χ0v) is 11.3. The summed E-state index contributed by atoms with van der Waals surface area (Å²) in [7, 11) is -1.57. The third kappa shape index (κ3) is 2.06. The van der Waals surface area contributed by atoms with Crippen LogP contribution in [0.1, 0.15) is 20.8 Å². The van der Waals surface area contributed by atoms with Gasteiger partial charge in [0.15, 0.2) is 0 Å². The maximum atomic E-state index is 12.3. The van der Waals surface area contributed by atoms with Crippen LogP contribution in [0.2, 0.25) is 0 Å². The maximum Gasteiger partial charge on any atom is 0.268 e. The van der Waals surface area contributed by atoms with Crippen LogP contribution in [0.25, 0.3) is 10.9 Å². The van der Waals surface area contributed by atoms with Crippen molar-refractivity contribution in [3.05, 3.63) is 34.6 Å². The SMILES string of the molecule is CC(C)(C)S(=O)c1c(O)c2ccccc2[nH]c1=O. The topological polar surface area (TPSA) is 70.2 Å². The van der Waals surface area contributed by atoms with Gasteiger partial charge in [-0.1, -0.05) is 12.1 Å². The van der Waals surface area contributed by atoms with Gasteiger partial charge >= 0.3 is 0 Å². The molecule has 1 aromatic heterocycles. The summed E-state index contributed by atoms with van der Waals surface area (Å²) in [6, 6.07) is 6.90. The lowest BCUT2D eigenvalue weighted by Gasteiger charge is -2.18. The fourth-order valence-corrected chi connectivity index (χ4v) is 2.80. The highest BCUT2D eigenvalue weighted by Gasteiger charge is 2.27. The smallest absolute Gasteiger partial charge is 0.268 e. The molecule has 0 fully saturated rings. The van der Waals surface area contributed by atoms with Gasteiger partial charge in [0.25, 0.3) is 5.56 Å². The Morgan fingerprint density at radius 3 is 2.44 bits per heavy atom. The van der Waals surface area contributed by atoms with E-state index in [1.807, 2.05) is 0 Å². The van der Waals surface area contributed by atoms with E-state index < -0.39 is 21.1 Å². The Hall–Kier alpha value is -1.62. The second-order valence-electron chi connectivity index (χ2n) is 5.06. The number of rotatable bonds is 1. The zero-order valence-electron chi connectivity index (χ0n) is 10.5. The quantitative estimate of drug-likeness (QED) is 0.830. The first-order valence-electron chi connectivity index (χ1n) is 5.58. The van der Waals surface area contributed by atoms with Gasteiger partial charge in [-0.05, 0) is 32.9 Å². The van der Waals surface area contributed by atoms with E-state index in [1.165, 1.54) is 0 Å². The van der Waals surface area contributed by atoms with E-state index in [-0.39, 0.29) is 10.6 Å². The number of benzene rings is 1. The standard InChI is InChI=1S/C13H15NO3S/c1-13(2,3)18(17)11-10(15)8-6-4-5-7-9(8)14-12(11)16/h4-7H,1-3H3,(H2,14,15,16). The van der Waals surface area contributed by atoms with Gasteiger partial charge in [0.05, 0.1) is 16.3 Å². The summed E-state index contributed by atoms with van der Waals surface area (Å²) in [6.07, 6.45) is 0. The average molecular weight is 265 g/mol. The van der Waals surface area contributed by atoms with Crippen LogP contribution in [0, 0.1) is 0 Å². The molecule has 0 bridgehead atoms. The van der Waals surface area contributed by atoms with Crippen LogP contribution < -0.4 is 5.56 Å². The summed E-state index contributed by atoms with van der Waals surface area (Å²) in [4.78, 5) is 14.5. The fraction of sp³-hybridized carbons (Fsp3) is 0.308. The second-order valence-corrected chi connectivity index (χ2v) is 7.23. The van der Waals surface area contributed by atoms with Gasteiger partial charge in [0, 0.05) is 10.1 Å². The molecule has 1 aromatic carbocycles. The molecule has 0 aliphatic heterocycles. The van der Waals surface area contributed by atoms with Crippen molar-refractivity contribution in [2.24, 2.45) is 0 Å². The molecule has 2 aromatic rings. The van der Waals surface area contributed by atoms with Crippen molar-refractivity contribution < 1.29 is 9.32 Å². The molecule has 0 saturated heterocycles. The van der Waals surface area contributed by atoms with Crippen LogP contribution in [0.3, 0.4) is 0 Å². The van der Waals surface area contributed by atoms with Crippen molar-refractivity contribution in [1.29, 1.82) is 0 Å². The molecule has 96 valence electrons. The van der Waals surface area contributed by atoms with E-state index in [4.69, 9.17) is 0 Å². The number of H-pyrrole nitrogens is 1. The molecule has 0 aliphatic rings. The Balaban J connectivity index is 2.81. The molecule has 0 saturated carbocycles. The van der Waals surface area contributed by atoms with Crippen LogP contribution in [0.5, 0.6) is 5.75 Å². The lowest BCUT2D eigenvalue weighted by Crippen LogP contribution is -2.27. The van der Waals surface area contributed by atoms with Gasteiger partial charge in [-0.15, -0.1) is 0 Å². The van der Waals surface area contributed by atoms with Crippen molar-refractivity contribution in [3.63, 3.8) is 0 Å². The number of aromatic amines is 1. The molecule has 2 N–H and O–H groups in total. The van der Waals surface area contributed by atoms with E-state index in [0.717, 1.165) is 0 Å². The first kappa shape index (κ1) is 12.8. The lowest BCUT2D eigenvalue weighted by atomic mass is 10.2. The highest BCUT2D eigenvalue weighted by molar-refractivity contribution is 7.86. The minimum atomic E-state index is -1.57. The Morgan fingerprint density at radius 2 is 1.83 bits per heavy atom. The van der Waals surface area contributed by atoms with Gasteiger partial charge in [-0.3, -0.25) is 9.00 Å². The number of pyridine rings is 1. The number of aromatic hydroxyl groups is 1. The molecule has 18 heavy (non-hydrogen) atoms. The Labute approximate surface area is 107 Å². The Kier molecular flexibility index (Phi) is 3.02.